The van der Waals surface area contributed by atoms with Crippen molar-refractivity contribution in [2.24, 2.45) is 0 Å². The minimum atomic E-state index is -8.06. The van der Waals surface area contributed by atoms with E-state index in [1.807, 2.05) is 0 Å². The Morgan fingerprint density at radius 2 is 1.32 bits per heavy atom. The highest BCUT2D eigenvalue weighted by molar-refractivity contribution is 8.05. The van der Waals surface area contributed by atoms with Gasteiger partial charge in [0.05, 0.1) is 0 Å². The first-order valence-corrected chi connectivity index (χ1v) is 14.0. The van der Waals surface area contributed by atoms with Crippen LogP contribution >= 0.6 is 0 Å². The van der Waals surface area contributed by atoms with E-state index in [2.05, 4.69) is 0 Å². The number of hydrogen-bond donors (Lipinski definition) is 1. The molecule has 1 saturated carbocycles. The normalized spacial score (nSPS) is 17.8. The van der Waals surface area contributed by atoms with Crippen molar-refractivity contribution in [2.75, 3.05) is 0 Å². The van der Waals surface area contributed by atoms with Gasteiger partial charge in [0.15, 0.2) is 0 Å². The Labute approximate surface area is 208 Å². The van der Waals surface area contributed by atoms with Gasteiger partial charge in [0.2, 0.25) is 5.91 Å². The maximum absolute atomic E-state index is 14.1. The Balaban J connectivity index is 3.31. The quantitative estimate of drug-likeness (QED) is 0.152. The lowest BCUT2D eigenvalue weighted by Crippen LogP contribution is -2.65. The van der Waals surface area contributed by atoms with E-state index < -0.39 is 84.5 Å². The van der Waals surface area contributed by atoms with Crippen molar-refractivity contribution >= 4 is 41.9 Å². The second kappa shape index (κ2) is 10.2. The molecule has 0 heterocycles. The number of hydroxylamine groups is 1. The van der Waals surface area contributed by atoms with Crippen molar-refractivity contribution in [3.8, 4) is 0 Å². The van der Waals surface area contributed by atoms with E-state index in [-0.39, 0.29) is 19.3 Å². The maximum atomic E-state index is 14.1. The number of alkyl halides is 9. The number of nitrogens with zero attached hydrogens (tertiary/aromatic N) is 1. The van der Waals surface area contributed by atoms with Crippen molar-refractivity contribution in [1.82, 2.24) is 8.60 Å². The molecule has 1 fully saturated rings. The summed E-state index contributed by atoms with van der Waals surface area (Å²) in [5.41, 5.74) is -7.96. The number of ether oxygens (including phenoxy) is 1. The predicted octanol–water partition coefficient (Wildman–Crippen LogP) is 1.89. The highest BCUT2D eigenvalue weighted by atomic mass is 32.3. The average Bonchev–Trinajstić information content (AvgIpc) is 3.19. The smallest absolute Gasteiger partial charge is 0.512 e. The summed E-state index contributed by atoms with van der Waals surface area (Å²) < 4.78 is 189. The van der Waals surface area contributed by atoms with Gasteiger partial charge in [-0.15, -0.1) is 0 Å². The first-order chi connectivity index (χ1) is 16.7. The molecule has 0 aromatic rings. The summed E-state index contributed by atoms with van der Waals surface area (Å²) in [7, 11) is -23.4. The Morgan fingerprint density at radius 1 is 0.868 bits per heavy atom. The third kappa shape index (κ3) is 5.82. The Morgan fingerprint density at radius 3 is 1.71 bits per heavy atom. The fraction of sp³-hybridized carbons (Fsp3) is 0.857. The number of nitrogens with one attached hydrogen (secondary N) is 1. The summed E-state index contributed by atoms with van der Waals surface area (Å²) in [5, 5.41) is -3.67. The van der Waals surface area contributed by atoms with Crippen molar-refractivity contribution in [2.45, 2.75) is 73.0 Å². The number of sulfonamides is 3. The zero-order valence-electron chi connectivity index (χ0n) is 18.4. The Hall–Kier alpha value is -1.92. The SMILES string of the molecule is CCC1(OC(=O)CC(=O)N([O-])S(=O)(=O)C(F)(F)C(F)(F)C(F)(F)S(=O)(=O)NS(=O)(=O)C(F)(F)F)CCCC1. The fourth-order valence-corrected chi connectivity index (χ4v) is 6.47. The molecule has 0 spiro atoms. The molecular formula is C14H16F9N2O10S3-. The molecule has 1 aliphatic carbocycles. The van der Waals surface area contributed by atoms with Crippen LogP contribution in [0.4, 0.5) is 39.5 Å². The van der Waals surface area contributed by atoms with Crippen LogP contribution in [0.2, 0.25) is 0 Å². The van der Waals surface area contributed by atoms with E-state index in [0.717, 1.165) is 0 Å². The van der Waals surface area contributed by atoms with Crippen LogP contribution in [-0.4, -0.2) is 69.1 Å². The highest BCUT2D eigenvalue weighted by Gasteiger charge is 2.83. The lowest BCUT2D eigenvalue weighted by atomic mass is 9.99. The van der Waals surface area contributed by atoms with Gasteiger partial charge in [0.1, 0.15) is 12.0 Å². The first-order valence-electron chi connectivity index (χ1n) is 9.60. The molecule has 1 aliphatic rings. The summed E-state index contributed by atoms with van der Waals surface area (Å²) in [6, 6.07) is 0. The third-order valence-corrected chi connectivity index (χ3v) is 9.96. The highest BCUT2D eigenvalue weighted by Crippen LogP contribution is 2.51. The number of amides is 1. The average molecular weight is 639 g/mol. The fourth-order valence-electron chi connectivity index (χ4n) is 3.00. The molecule has 12 nitrogen and oxygen atoms in total. The molecule has 224 valence electrons. The van der Waals surface area contributed by atoms with Crippen LogP contribution in [0.3, 0.4) is 0 Å². The zero-order valence-corrected chi connectivity index (χ0v) is 20.8. The molecule has 38 heavy (non-hydrogen) atoms. The molecule has 1 amide bonds. The van der Waals surface area contributed by atoms with Gasteiger partial charge in [-0.3, -0.25) is 9.59 Å². The van der Waals surface area contributed by atoms with Gasteiger partial charge in [-0.2, -0.15) is 39.5 Å². The van der Waals surface area contributed by atoms with Crippen molar-refractivity contribution in [3.05, 3.63) is 5.21 Å². The number of esters is 1. The molecule has 0 unspecified atom stereocenters. The van der Waals surface area contributed by atoms with E-state index in [1.165, 1.54) is 6.92 Å². The molecule has 0 bridgehead atoms. The minimum Gasteiger partial charge on any atom is -0.742 e. The molecule has 0 aromatic carbocycles. The molecule has 0 atom stereocenters. The molecule has 0 aliphatic heterocycles. The Kier molecular flexibility index (Phi) is 9.19. The van der Waals surface area contributed by atoms with Crippen LogP contribution in [0.5, 0.6) is 0 Å². The van der Waals surface area contributed by atoms with Gasteiger partial charge in [-0.1, -0.05) is 11.1 Å². The third-order valence-electron chi connectivity index (χ3n) is 5.12. The van der Waals surface area contributed by atoms with Crippen LogP contribution in [0, 0.1) is 5.21 Å². The van der Waals surface area contributed by atoms with Crippen molar-refractivity contribution < 1.29 is 79.1 Å². The van der Waals surface area contributed by atoms with Gasteiger partial charge in [-0.25, -0.2) is 25.3 Å². The van der Waals surface area contributed by atoms with E-state index in [4.69, 9.17) is 4.74 Å². The minimum absolute atomic E-state index is 0.137. The molecule has 0 aromatic heterocycles. The molecule has 0 radical (unpaired) electrons. The van der Waals surface area contributed by atoms with Crippen LogP contribution in [0.15, 0.2) is 0 Å². The van der Waals surface area contributed by atoms with Gasteiger partial charge >= 0.3 is 37.9 Å². The Bertz CT molecular complexity index is 1260. The summed E-state index contributed by atoms with van der Waals surface area (Å²) in [6.07, 6.45) is -0.350. The van der Waals surface area contributed by atoms with Gasteiger partial charge in [0.25, 0.3) is 20.0 Å². The number of carbonyl (C=O) groups excluding carboxylic acids is 2. The molecule has 24 heteroatoms. The standard InChI is InChI=1S/C14H16F9N2O10S3/c1-2-10(5-3-4-6-10)35-9(27)7-8(26)25(28)38(33,34)13(19,20)11(15,16)12(17,18)36(29,30)24-37(31,32)14(21,22)23/h24H,2-7H2,1H3/q-1. The summed E-state index contributed by atoms with van der Waals surface area (Å²) >= 11 is 0. The summed E-state index contributed by atoms with van der Waals surface area (Å²) in [4.78, 5) is 23.6. The maximum Gasteiger partial charge on any atom is 0.512 e. The van der Waals surface area contributed by atoms with E-state index in [1.54, 1.807) is 0 Å². The van der Waals surface area contributed by atoms with Crippen LogP contribution in [0.1, 0.15) is 45.4 Å². The van der Waals surface area contributed by atoms with Gasteiger partial charge < -0.3 is 14.4 Å². The van der Waals surface area contributed by atoms with Crippen LogP contribution < -0.4 is 4.13 Å². The molecule has 1 N–H and O–H groups in total. The number of hydrogen-bond acceptors (Lipinski definition) is 10. The number of carbonyl (C=O) groups is 2. The van der Waals surface area contributed by atoms with E-state index in [0.29, 0.717) is 12.8 Å². The lowest BCUT2D eigenvalue weighted by molar-refractivity contribution is -0.244. The zero-order chi connectivity index (χ0) is 30.4. The van der Waals surface area contributed by atoms with Crippen LogP contribution in [-0.2, 0) is 44.4 Å². The van der Waals surface area contributed by atoms with Crippen molar-refractivity contribution in [3.63, 3.8) is 0 Å². The molecule has 1 rings (SSSR count). The number of halogens is 9. The van der Waals surface area contributed by atoms with E-state index >= 15 is 0 Å². The van der Waals surface area contributed by atoms with Crippen LogP contribution in [0.25, 0.3) is 0 Å². The summed E-state index contributed by atoms with van der Waals surface area (Å²) in [6.45, 7) is 1.51. The lowest BCUT2D eigenvalue weighted by Gasteiger charge is -2.36. The predicted molar refractivity (Wildman–Crippen MR) is 103 cm³/mol. The van der Waals surface area contributed by atoms with Crippen molar-refractivity contribution in [1.29, 1.82) is 0 Å². The first kappa shape index (κ1) is 34.1. The second-order valence-corrected chi connectivity index (χ2v) is 13.1. The second-order valence-electron chi connectivity index (χ2n) is 7.66. The molecular weight excluding hydrogens is 623 g/mol. The van der Waals surface area contributed by atoms with E-state index in [9.17, 15) is 79.6 Å². The topological polar surface area (TPSA) is 184 Å². The van der Waals surface area contributed by atoms with Gasteiger partial charge in [0, 0.05) is 0 Å². The number of rotatable bonds is 11. The molecule has 0 saturated heterocycles. The summed E-state index contributed by atoms with van der Waals surface area (Å²) in [5.74, 6) is -12.4. The monoisotopic (exact) mass is 639 g/mol. The largest absolute Gasteiger partial charge is 0.742 e. The van der Waals surface area contributed by atoms with Gasteiger partial charge in [-0.05, 0) is 32.1 Å².